The third-order valence-electron chi connectivity index (χ3n) is 9.50. The molecule has 4 heterocycles. The number of ether oxygens (including phenoxy) is 2. The number of aliphatic hydroxyl groups is 1. The summed E-state index contributed by atoms with van der Waals surface area (Å²) in [5.74, 6) is -1.26. The fourth-order valence-corrected chi connectivity index (χ4v) is 7.33. The van der Waals surface area contributed by atoms with Gasteiger partial charge in [0.05, 0.1) is 52.0 Å². The minimum Gasteiger partial charge on any atom is -0.491 e. The summed E-state index contributed by atoms with van der Waals surface area (Å²) >= 11 is 0. The van der Waals surface area contributed by atoms with Gasteiger partial charge in [0.25, 0.3) is 10.1 Å². The highest BCUT2D eigenvalue weighted by Crippen LogP contribution is 2.33. The lowest BCUT2D eigenvalue weighted by Gasteiger charge is -2.21. The molecule has 4 aromatic rings. The van der Waals surface area contributed by atoms with Gasteiger partial charge >= 0.3 is 0 Å². The fourth-order valence-electron chi connectivity index (χ4n) is 6.92. The van der Waals surface area contributed by atoms with E-state index in [0.717, 1.165) is 29.3 Å². The predicted octanol–water partition coefficient (Wildman–Crippen LogP) is 5.78. The van der Waals surface area contributed by atoms with Gasteiger partial charge in [-0.15, -0.1) is 0 Å². The summed E-state index contributed by atoms with van der Waals surface area (Å²) in [7, 11) is 0.346. The zero-order valence-corrected chi connectivity index (χ0v) is 36.9. The zero-order valence-electron chi connectivity index (χ0n) is 35.5. The van der Waals surface area contributed by atoms with Crippen LogP contribution in [-0.4, -0.2) is 82.6 Å². The molecule has 0 bridgehead atoms. The number of nitrogens with zero attached hydrogens (tertiary/aromatic N) is 2. The van der Waals surface area contributed by atoms with E-state index >= 15 is 0 Å². The Morgan fingerprint density at radius 1 is 0.770 bits per heavy atom. The minimum absolute atomic E-state index is 0.0215. The summed E-state index contributed by atoms with van der Waals surface area (Å²) < 4.78 is 92.6. The molecule has 0 spiro atoms. The second kappa shape index (κ2) is 22.9. The molecule has 334 valence electrons. The van der Waals surface area contributed by atoms with Crippen molar-refractivity contribution in [3.8, 4) is 11.5 Å². The number of carbonyl (C=O) groups excluding carboxylic acids is 2. The number of methoxy groups -OCH3 is 2. The molecule has 2 atom stereocenters. The van der Waals surface area contributed by atoms with Gasteiger partial charge in [0.1, 0.15) is 23.0 Å². The maximum atomic E-state index is 13.1. The molecule has 0 fully saturated rings. The van der Waals surface area contributed by atoms with Crippen molar-refractivity contribution in [2.45, 2.75) is 77.3 Å². The number of Topliss-reactive ketones (excluding diaryl/α,β-unsaturated/α-hetero) is 2. The fraction of sp³-hybridized carbons (Fsp3) is 0.429. The van der Waals surface area contributed by atoms with Crippen LogP contribution in [0.3, 0.4) is 0 Å². The van der Waals surface area contributed by atoms with Gasteiger partial charge in [-0.1, -0.05) is 38.1 Å². The van der Waals surface area contributed by atoms with Crippen LogP contribution < -0.4 is 20.3 Å². The van der Waals surface area contributed by atoms with Gasteiger partial charge in [-0.25, -0.2) is 17.2 Å². The molecule has 61 heavy (non-hydrogen) atoms. The summed E-state index contributed by atoms with van der Waals surface area (Å²) in [6.45, 7) is 2.06. The highest BCUT2D eigenvalue weighted by Gasteiger charge is 2.32. The lowest BCUT2D eigenvalue weighted by atomic mass is 10.0. The first kappa shape index (κ1) is 48.9. The van der Waals surface area contributed by atoms with E-state index in [4.69, 9.17) is 15.0 Å². The lowest BCUT2D eigenvalue weighted by Crippen LogP contribution is -2.25. The molecule has 2 unspecified atom stereocenters. The average Bonchev–Trinajstić information content (AvgIpc) is 3.81. The van der Waals surface area contributed by atoms with Crippen LogP contribution in [0, 0.1) is 11.6 Å². The number of carbonyl (C=O) groups is 2. The van der Waals surface area contributed by atoms with E-state index in [2.05, 4.69) is 10.7 Å². The molecule has 1 N–H and O–H groups in total. The normalized spacial score (nSPS) is 15.3. The molecular weight excluding hydrogens is 862 g/mol. The summed E-state index contributed by atoms with van der Waals surface area (Å²) in [6, 6.07) is 14.1. The van der Waals surface area contributed by atoms with Crippen molar-refractivity contribution in [1.29, 1.82) is 0 Å². The van der Waals surface area contributed by atoms with Crippen LogP contribution in [0.2, 0.25) is 0 Å². The van der Waals surface area contributed by atoms with E-state index in [1.165, 1.54) is 50.6 Å². The number of aliphatic hydroxyl groups excluding tert-OH is 1. The van der Waals surface area contributed by atoms with Crippen LogP contribution in [0.5, 0.6) is 11.5 Å². The Labute approximate surface area is 360 Å². The molecule has 2 aromatic heterocycles. The number of pyridine rings is 2. The second-order valence-electron chi connectivity index (χ2n) is 13.8. The minimum atomic E-state index is -3.64. The number of ketones is 2. The van der Waals surface area contributed by atoms with Crippen LogP contribution in [0.25, 0.3) is 0 Å². The standard InChI is InChI=1S/C20H22FNO6S.C19H20FNO4.C2H6.CH3ClO2S/c1-27-20-18(24)11-15-8-9-16(12-28-29(2,25)26)22(15)19(20)17(23)10-5-13-3-6-14(21)7-4-13;1-25-19-17(24)10-14-7-8-15(11-22)21(14)18(19)16(23)9-4-12-2-5-13(20)6-3-12;1-2;1-5(2,3)4/h3-4,6-7,11,16H,5,8-10,12H2,1-2H3;2-3,5-6,10,15,22H,4,7-9,11H2,1H3;1-2H3;1H3/i;;1D;. The van der Waals surface area contributed by atoms with Crippen LogP contribution >= 0.6 is 10.7 Å². The lowest BCUT2D eigenvalue weighted by molar-refractivity contribution is 0.0956. The van der Waals surface area contributed by atoms with Gasteiger partial charge < -0.3 is 23.7 Å². The number of benzene rings is 2. The molecule has 0 radical (unpaired) electrons. The molecule has 0 saturated carbocycles. The van der Waals surface area contributed by atoms with Gasteiger partial charge in [0, 0.05) is 48.4 Å². The van der Waals surface area contributed by atoms with Crippen molar-refractivity contribution in [3.63, 3.8) is 0 Å². The first-order valence-corrected chi connectivity index (χ1v) is 23.5. The van der Waals surface area contributed by atoms with Crippen molar-refractivity contribution in [2.24, 2.45) is 0 Å². The van der Waals surface area contributed by atoms with E-state index in [-0.39, 0.29) is 83.6 Å². The van der Waals surface area contributed by atoms with Crippen LogP contribution in [0.15, 0.2) is 70.3 Å². The quantitative estimate of drug-likeness (QED) is 0.0913. The first-order chi connectivity index (χ1) is 29.2. The Morgan fingerprint density at radius 2 is 1.13 bits per heavy atom. The Morgan fingerprint density at radius 3 is 1.48 bits per heavy atom. The topological polar surface area (TPSA) is 194 Å². The van der Waals surface area contributed by atoms with Crippen LogP contribution in [0.4, 0.5) is 8.78 Å². The molecule has 2 aromatic carbocycles. The molecule has 2 aliphatic heterocycles. The second-order valence-corrected chi connectivity index (χ2v) is 18.5. The van der Waals surface area contributed by atoms with Crippen LogP contribution in [-0.2, 0) is 49.0 Å². The number of fused-ring (bicyclic) bond motifs is 2. The van der Waals surface area contributed by atoms with Crippen molar-refractivity contribution < 1.29 is 55.3 Å². The van der Waals surface area contributed by atoms with E-state index in [1.54, 1.807) is 40.3 Å². The molecule has 19 heteroatoms. The Balaban J connectivity index is 0.000000284. The van der Waals surface area contributed by atoms with Gasteiger partial charge in [-0.2, -0.15) is 8.42 Å². The summed E-state index contributed by atoms with van der Waals surface area (Å²) in [5, 5.41) is 9.60. The number of rotatable bonds is 14. The third kappa shape index (κ3) is 14.7. The largest absolute Gasteiger partial charge is 0.491 e. The van der Waals surface area contributed by atoms with E-state index in [0.29, 0.717) is 51.1 Å². The van der Waals surface area contributed by atoms with Gasteiger partial charge in [0.15, 0.2) is 23.1 Å². The first-order valence-electron chi connectivity index (χ1n) is 19.7. The van der Waals surface area contributed by atoms with Gasteiger partial charge in [-0.05, 0) is 73.9 Å². The van der Waals surface area contributed by atoms with Crippen molar-refractivity contribution in [3.05, 3.63) is 127 Å². The Kier molecular flexibility index (Phi) is 18.4. The summed E-state index contributed by atoms with van der Waals surface area (Å²) in [4.78, 5) is 50.6. The summed E-state index contributed by atoms with van der Waals surface area (Å²) in [6.07, 6.45) is 5.33. The highest BCUT2D eigenvalue weighted by atomic mass is 35.7. The maximum Gasteiger partial charge on any atom is 0.264 e. The molecule has 0 amide bonds. The predicted molar refractivity (Wildman–Crippen MR) is 227 cm³/mol. The molecule has 0 saturated heterocycles. The molecular formula is C42H51ClF2N2O12S2. The molecule has 0 aliphatic carbocycles. The maximum absolute atomic E-state index is 13.1. The smallest absolute Gasteiger partial charge is 0.264 e. The van der Waals surface area contributed by atoms with Crippen molar-refractivity contribution >= 4 is 41.4 Å². The number of aryl methyl sites for hydroxylation is 4. The van der Waals surface area contributed by atoms with E-state index in [1.807, 2.05) is 0 Å². The van der Waals surface area contributed by atoms with E-state index in [9.17, 15) is 49.9 Å². The van der Waals surface area contributed by atoms with E-state index < -0.39 is 30.6 Å². The molecule has 2 aliphatic rings. The Bertz CT molecular complexity index is 2510. The highest BCUT2D eigenvalue weighted by molar-refractivity contribution is 8.13. The SMILES string of the molecule is COc1c(C(=O)CCc2ccc(F)cc2)n2c(cc1=O)CCC2CO.COc1c(C(=O)CCc2ccc(F)cc2)n2c(cc1=O)CCC2COS(C)(=O)=O.CS(=O)(=O)Cl.[2H]CC. The van der Waals surface area contributed by atoms with Crippen molar-refractivity contribution in [1.82, 2.24) is 9.13 Å². The monoisotopic (exact) mass is 913 g/mol. The Hall–Kier alpha value is -4.75. The molecule has 14 nitrogen and oxygen atoms in total. The third-order valence-corrected chi connectivity index (χ3v) is 10.1. The number of halogens is 3. The van der Waals surface area contributed by atoms with Gasteiger partial charge in [0.2, 0.25) is 19.9 Å². The number of hydrogen-bond acceptors (Lipinski definition) is 12. The summed E-state index contributed by atoms with van der Waals surface area (Å²) in [5.41, 5.74) is 2.65. The van der Waals surface area contributed by atoms with Gasteiger partial charge in [-0.3, -0.25) is 23.4 Å². The zero-order chi connectivity index (χ0) is 46.4. The van der Waals surface area contributed by atoms with Crippen LogP contribution in [0.1, 0.15) is 96.5 Å². The average molecular weight is 914 g/mol. The number of hydrogen-bond donors (Lipinski definition) is 1. The number of aromatic nitrogens is 2. The van der Waals surface area contributed by atoms with Crippen molar-refractivity contribution in [2.75, 3.05) is 39.9 Å². The molecule has 6 rings (SSSR count).